The van der Waals surface area contributed by atoms with Crippen LogP contribution in [-0.4, -0.2) is 30.1 Å². The predicted molar refractivity (Wildman–Crippen MR) is 77.2 cm³/mol. The van der Waals surface area contributed by atoms with Crippen LogP contribution in [0, 0.1) is 11.8 Å². The number of aromatic nitrogens is 1. The highest BCUT2D eigenvalue weighted by atomic mass is 16.6. The molecule has 1 aromatic rings. The van der Waals surface area contributed by atoms with Gasteiger partial charge in [0.25, 0.3) is 0 Å². The summed E-state index contributed by atoms with van der Waals surface area (Å²) in [4.78, 5) is 29.1. The van der Waals surface area contributed by atoms with Gasteiger partial charge in [-0.1, -0.05) is 6.07 Å². The van der Waals surface area contributed by atoms with E-state index in [1.54, 1.807) is 39.0 Å². The van der Waals surface area contributed by atoms with Crippen molar-refractivity contribution in [3.63, 3.8) is 0 Å². The minimum Gasteiger partial charge on any atom is -0.465 e. The normalized spacial score (nSPS) is 10.2. The predicted octanol–water partition coefficient (Wildman–Crippen LogP) is 1.86. The molecule has 0 bridgehead atoms. The van der Waals surface area contributed by atoms with Gasteiger partial charge in [0.15, 0.2) is 0 Å². The van der Waals surface area contributed by atoms with Gasteiger partial charge in [-0.25, -0.2) is 0 Å². The van der Waals surface area contributed by atoms with Crippen LogP contribution in [0.4, 0.5) is 0 Å². The van der Waals surface area contributed by atoms with Crippen LogP contribution < -0.4 is 0 Å². The highest BCUT2D eigenvalue weighted by Crippen LogP contribution is 2.30. The third-order valence-corrected chi connectivity index (χ3v) is 2.88. The van der Waals surface area contributed by atoms with Crippen molar-refractivity contribution in [1.82, 2.24) is 4.98 Å². The average molecular weight is 289 g/mol. The van der Waals surface area contributed by atoms with E-state index in [0.29, 0.717) is 0 Å². The second kappa shape index (κ2) is 8.05. The summed E-state index contributed by atoms with van der Waals surface area (Å²) < 4.78 is 10.2. The molecule has 0 radical (unpaired) electrons. The van der Waals surface area contributed by atoms with E-state index in [0.717, 1.165) is 0 Å². The first kappa shape index (κ1) is 16.7. The van der Waals surface area contributed by atoms with Gasteiger partial charge in [-0.2, -0.15) is 0 Å². The fraction of sp³-hybridized carbons (Fsp3) is 0.438. The molecule has 0 unspecified atom stereocenters. The first-order valence-corrected chi connectivity index (χ1v) is 6.79. The number of hydrogen-bond acceptors (Lipinski definition) is 5. The third-order valence-electron chi connectivity index (χ3n) is 2.88. The van der Waals surface area contributed by atoms with Gasteiger partial charge in [-0.05, 0) is 32.9 Å². The number of ether oxygens (including phenoxy) is 2. The topological polar surface area (TPSA) is 65.5 Å². The van der Waals surface area contributed by atoms with Gasteiger partial charge in [0.05, 0.1) is 18.9 Å². The lowest BCUT2D eigenvalue weighted by molar-refractivity contribution is -0.164. The Morgan fingerprint density at radius 1 is 1.19 bits per heavy atom. The standard InChI is InChI=1S/C16H19NO4/c1-4-7-11-16(14(18)20-5-2,15(19)21-6-3)13-10-8-9-12-17-13/h8-10,12H,5-6,11H2,1-3H3. The number of hydrogen-bond donors (Lipinski definition) is 0. The summed E-state index contributed by atoms with van der Waals surface area (Å²) >= 11 is 0. The molecule has 5 heteroatoms. The number of carbonyl (C=O) groups excluding carboxylic acids is 2. The number of esters is 2. The molecule has 0 fully saturated rings. The molecule has 0 aromatic carbocycles. The Kier molecular flexibility index (Phi) is 6.41. The molecular weight excluding hydrogens is 270 g/mol. The summed E-state index contributed by atoms with van der Waals surface area (Å²) in [5, 5.41) is 0. The summed E-state index contributed by atoms with van der Waals surface area (Å²) in [5.41, 5.74) is -1.36. The molecule has 0 saturated carbocycles. The number of carbonyl (C=O) groups is 2. The molecule has 0 atom stereocenters. The Bertz CT molecular complexity index is 524. The first-order chi connectivity index (χ1) is 10.1. The molecule has 112 valence electrons. The van der Waals surface area contributed by atoms with E-state index in [1.807, 2.05) is 0 Å². The van der Waals surface area contributed by atoms with Crippen LogP contribution in [0.15, 0.2) is 24.4 Å². The Morgan fingerprint density at radius 3 is 2.24 bits per heavy atom. The summed E-state index contributed by atoms with van der Waals surface area (Å²) in [6, 6.07) is 5.01. The van der Waals surface area contributed by atoms with Gasteiger partial charge in [0, 0.05) is 12.6 Å². The monoisotopic (exact) mass is 289 g/mol. The number of rotatable bonds is 6. The maximum atomic E-state index is 12.5. The van der Waals surface area contributed by atoms with E-state index < -0.39 is 17.4 Å². The molecule has 0 aliphatic heterocycles. The highest BCUT2D eigenvalue weighted by Gasteiger charge is 2.51. The molecule has 0 spiro atoms. The summed E-state index contributed by atoms with van der Waals surface area (Å²) in [5.74, 6) is 4.09. The van der Waals surface area contributed by atoms with Gasteiger partial charge in [-0.3, -0.25) is 14.6 Å². The molecule has 21 heavy (non-hydrogen) atoms. The van der Waals surface area contributed by atoms with Crippen molar-refractivity contribution in [2.24, 2.45) is 0 Å². The SMILES string of the molecule is CC#CCC(C(=O)OCC)(C(=O)OCC)c1ccccn1. The lowest BCUT2D eigenvalue weighted by atomic mass is 9.80. The smallest absolute Gasteiger partial charge is 0.330 e. The molecule has 0 N–H and O–H groups in total. The van der Waals surface area contributed by atoms with Crippen LogP contribution in [0.5, 0.6) is 0 Å². The Labute approximate surface area is 124 Å². The van der Waals surface area contributed by atoms with Crippen LogP contribution in [0.25, 0.3) is 0 Å². The summed E-state index contributed by atoms with van der Waals surface area (Å²) in [6.07, 6.45) is 1.49. The van der Waals surface area contributed by atoms with Crippen LogP contribution >= 0.6 is 0 Å². The number of pyridine rings is 1. The van der Waals surface area contributed by atoms with Crippen molar-refractivity contribution in [3.05, 3.63) is 30.1 Å². The molecule has 0 saturated heterocycles. The van der Waals surface area contributed by atoms with Gasteiger partial charge in [-0.15, -0.1) is 11.8 Å². The minimum absolute atomic E-state index is 0.0296. The average Bonchev–Trinajstić information content (AvgIpc) is 2.50. The van der Waals surface area contributed by atoms with Crippen molar-refractivity contribution in [1.29, 1.82) is 0 Å². The van der Waals surface area contributed by atoms with Crippen LogP contribution in [0.1, 0.15) is 32.9 Å². The fourth-order valence-corrected chi connectivity index (χ4v) is 1.87. The van der Waals surface area contributed by atoms with Crippen LogP contribution in [0.2, 0.25) is 0 Å². The lowest BCUT2D eigenvalue weighted by Gasteiger charge is -2.26. The molecule has 0 aliphatic carbocycles. The maximum Gasteiger partial charge on any atom is 0.330 e. The molecule has 0 aliphatic rings. The van der Waals surface area contributed by atoms with Crippen LogP contribution in [0.3, 0.4) is 0 Å². The molecule has 5 nitrogen and oxygen atoms in total. The second-order valence-electron chi connectivity index (χ2n) is 4.16. The van der Waals surface area contributed by atoms with E-state index in [4.69, 9.17) is 9.47 Å². The first-order valence-electron chi connectivity index (χ1n) is 6.79. The zero-order valence-electron chi connectivity index (χ0n) is 12.5. The van der Waals surface area contributed by atoms with Gasteiger partial charge in [0.1, 0.15) is 0 Å². The second-order valence-corrected chi connectivity index (χ2v) is 4.16. The van der Waals surface area contributed by atoms with Crippen molar-refractivity contribution >= 4 is 11.9 Å². The number of nitrogens with zero attached hydrogens (tertiary/aromatic N) is 1. The van der Waals surface area contributed by atoms with E-state index in [-0.39, 0.29) is 25.3 Å². The zero-order valence-corrected chi connectivity index (χ0v) is 12.5. The summed E-state index contributed by atoms with van der Waals surface area (Å²) in [6.45, 7) is 5.31. The molecule has 0 amide bonds. The quantitative estimate of drug-likeness (QED) is 0.454. The van der Waals surface area contributed by atoms with E-state index in [9.17, 15) is 9.59 Å². The molecule has 1 heterocycles. The highest BCUT2D eigenvalue weighted by molar-refractivity contribution is 6.06. The van der Waals surface area contributed by atoms with Crippen molar-refractivity contribution < 1.29 is 19.1 Å². The van der Waals surface area contributed by atoms with Crippen molar-refractivity contribution in [3.8, 4) is 11.8 Å². The largest absolute Gasteiger partial charge is 0.465 e. The molecular formula is C16H19NO4. The molecule has 1 aromatic heterocycles. The summed E-state index contributed by atoms with van der Waals surface area (Å²) in [7, 11) is 0. The zero-order chi connectivity index (χ0) is 15.7. The Morgan fingerprint density at radius 2 is 1.81 bits per heavy atom. The van der Waals surface area contributed by atoms with E-state index >= 15 is 0 Å². The lowest BCUT2D eigenvalue weighted by Crippen LogP contribution is -2.46. The minimum atomic E-state index is -1.64. The van der Waals surface area contributed by atoms with E-state index in [1.165, 1.54) is 6.20 Å². The van der Waals surface area contributed by atoms with Crippen LogP contribution in [-0.2, 0) is 24.5 Å². The maximum absolute atomic E-state index is 12.5. The Hall–Kier alpha value is -2.35. The Balaban J connectivity index is 3.42. The van der Waals surface area contributed by atoms with Crippen molar-refractivity contribution in [2.45, 2.75) is 32.6 Å². The van der Waals surface area contributed by atoms with Gasteiger partial charge < -0.3 is 9.47 Å². The van der Waals surface area contributed by atoms with Gasteiger partial charge in [0.2, 0.25) is 5.41 Å². The van der Waals surface area contributed by atoms with Crippen molar-refractivity contribution in [2.75, 3.05) is 13.2 Å². The van der Waals surface area contributed by atoms with E-state index in [2.05, 4.69) is 16.8 Å². The molecule has 1 rings (SSSR count). The van der Waals surface area contributed by atoms with Gasteiger partial charge >= 0.3 is 11.9 Å². The third kappa shape index (κ3) is 3.60. The fourth-order valence-electron chi connectivity index (χ4n) is 1.87.